The fourth-order valence-corrected chi connectivity index (χ4v) is 1.58. The Balaban J connectivity index is 2.35. The van der Waals surface area contributed by atoms with Crippen LogP contribution < -0.4 is 0 Å². The molecule has 1 heterocycles. The molecular weight excluding hydrogens is 166 g/mol. The van der Waals surface area contributed by atoms with E-state index in [9.17, 15) is 9.90 Å². The van der Waals surface area contributed by atoms with Crippen molar-refractivity contribution in [2.75, 3.05) is 19.6 Å². The van der Waals surface area contributed by atoms with E-state index in [1.54, 1.807) is 6.92 Å². The minimum Gasteiger partial charge on any atom is -0.384 e. The van der Waals surface area contributed by atoms with Gasteiger partial charge in [0.2, 0.25) is 0 Å². The maximum atomic E-state index is 11.3. The summed E-state index contributed by atoms with van der Waals surface area (Å²) >= 11 is 0. The maximum absolute atomic E-state index is 11.3. The first kappa shape index (κ1) is 10.4. The number of ketones is 1. The molecule has 1 aliphatic rings. The van der Waals surface area contributed by atoms with Crippen LogP contribution in [0.4, 0.5) is 0 Å². The van der Waals surface area contributed by atoms with Crippen molar-refractivity contribution in [3.8, 4) is 0 Å². The Kier molecular flexibility index (Phi) is 3.63. The van der Waals surface area contributed by atoms with Crippen molar-refractivity contribution in [2.24, 2.45) is 0 Å². The van der Waals surface area contributed by atoms with E-state index in [4.69, 9.17) is 0 Å². The Morgan fingerprint density at radius 3 is 2.54 bits per heavy atom. The standard InChI is InChI=1S/C10H17NO2/c1-8(2)10(13)9(12)7-11-5-3-4-6-11/h9,12H,1,3-7H2,2H3. The largest absolute Gasteiger partial charge is 0.384 e. The van der Waals surface area contributed by atoms with Gasteiger partial charge in [-0.25, -0.2) is 0 Å². The highest BCUT2D eigenvalue weighted by Crippen LogP contribution is 2.09. The molecule has 13 heavy (non-hydrogen) atoms. The summed E-state index contributed by atoms with van der Waals surface area (Å²) < 4.78 is 0. The van der Waals surface area contributed by atoms with Crippen LogP contribution in [0.5, 0.6) is 0 Å². The lowest BCUT2D eigenvalue weighted by Gasteiger charge is -2.18. The number of β-amino-alcohol motifs (C(OH)–C–C–N with tert-alkyl or cyclic N) is 1. The summed E-state index contributed by atoms with van der Waals surface area (Å²) in [6, 6.07) is 0. The van der Waals surface area contributed by atoms with Crippen molar-refractivity contribution in [1.82, 2.24) is 4.90 Å². The maximum Gasteiger partial charge on any atom is 0.187 e. The van der Waals surface area contributed by atoms with Gasteiger partial charge in [0.05, 0.1) is 0 Å². The third kappa shape index (κ3) is 2.94. The van der Waals surface area contributed by atoms with E-state index in [-0.39, 0.29) is 5.78 Å². The number of hydrogen-bond acceptors (Lipinski definition) is 3. The van der Waals surface area contributed by atoms with Crippen molar-refractivity contribution in [1.29, 1.82) is 0 Å². The highest BCUT2D eigenvalue weighted by atomic mass is 16.3. The van der Waals surface area contributed by atoms with Gasteiger partial charge in [0.25, 0.3) is 0 Å². The molecule has 0 spiro atoms. The highest BCUT2D eigenvalue weighted by molar-refractivity contribution is 5.97. The van der Waals surface area contributed by atoms with Gasteiger partial charge in [-0.15, -0.1) is 0 Å². The van der Waals surface area contributed by atoms with E-state index in [0.29, 0.717) is 12.1 Å². The molecule has 0 radical (unpaired) electrons. The zero-order valence-electron chi connectivity index (χ0n) is 8.12. The smallest absolute Gasteiger partial charge is 0.187 e. The van der Waals surface area contributed by atoms with Gasteiger partial charge in [-0.3, -0.25) is 4.79 Å². The molecule has 3 nitrogen and oxygen atoms in total. The van der Waals surface area contributed by atoms with Crippen molar-refractivity contribution < 1.29 is 9.90 Å². The van der Waals surface area contributed by atoms with Crippen LogP contribution in [0.25, 0.3) is 0 Å². The van der Waals surface area contributed by atoms with Gasteiger partial charge in [0, 0.05) is 6.54 Å². The molecule has 1 aliphatic heterocycles. The average molecular weight is 183 g/mol. The lowest BCUT2D eigenvalue weighted by Crippen LogP contribution is -2.35. The number of nitrogens with zero attached hydrogens (tertiary/aromatic N) is 1. The third-order valence-electron chi connectivity index (χ3n) is 2.35. The van der Waals surface area contributed by atoms with Crippen LogP contribution in [-0.4, -0.2) is 41.5 Å². The normalized spacial score (nSPS) is 20.2. The Bertz CT molecular complexity index is 207. The zero-order chi connectivity index (χ0) is 9.84. The number of hydrogen-bond donors (Lipinski definition) is 1. The van der Waals surface area contributed by atoms with Crippen LogP contribution in [0.3, 0.4) is 0 Å². The van der Waals surface area contributed by atoms with Crippen molar-refractivity contribution >= 4 is 5.78 Å². The summed E-state index contributed by atoms with van der Waals surface area (Å²) in [6.45, 7) is 7.62. The van der Waals surface area contributed by atoms with Crippen LogP contribution >= 0.6 is 0 Å². The Hall–Kier alpha value is -0.670. The lowest BCUT2D eigenvalue weighted by atomic mass is 10.1. The molecule has 0 aromatic heterocycles. The van der Waals surface area contributed by atoms with E-state index in [2.05, 4.69) is 11.5 Å². The number of carbonyl (C=O) groups is 1. The number of aliphatic hydroxyl groups excluding tert-OH is 1. The molecule has 1 unspecified atom stereocenters. The molecule has 1 saturated heterocycles. The van der Waals surface area contributed by atoms with E-state index in [0.717, 1.165) is 13.1 Å². The predicted octanol–water partition coefficient (Wildman–Crippen LogP) is 0.588. The monoisotopic (exact) mass is 183 g/mol. The second-order valence-electron chi connectivity index (χ2n) is 3.67. The molecule has 1 rings (SSSR count). The molecule has 0 aliphatic carbocycles. The van der Waals surface area contributed by atoms with Crippen LogP contribution in [0.15, 0.2) is 12.2 Å². The number of Topliss-reactive ketones (excluding diaryl/α,β-unsaturated/α-hetero) is 1. The van der Waals surface area contributed by atoms with Crippen molar-refractivity contribution in [2.45, 2.75) is 25.9 Å². The van der Waals surface area contributed by atoms with Crippen molar-refractivity contribution in [3.63, 3.8) is 0 Å². The molecule has 74 valence electrons. The van der Waals surface area contributed by atoms with E-state index in [1.165, 1.54) is 12.8 Å². The van der Waals surface area contributed by atoms with Crippen LogP contribution in [0, 0.1) is 0 Å². The third-order valence-corrected chi connectivity index (χ3v) is 2.35. The molecule has 0 saturated carbocycles. The number of likely N-dealkylation sites (tertiary alicyclic amines) is 1. The Labute approximate surface area is 79.0 Å². The van der Waals surface area contributed by atoms with E-state index < -0.39 is 6.10 Å². The summed E-state index contributed by atoms with van der Waals surface area (Å²) in [7, 11) is 0. The number of rotatable bonds is 4. The van der Waals surface area contributed by atoms with Gasteiger partial charge in [0.15, 0.2) is 5.78 Å². The fourth-order valence-electron chi connectivity index (χ4n) is 1.58. The van der Waals surface area contributed by atoms with Gasteiger partial charge in [0.1, 0.15) is 6.10 Å². The van der Waals surface area contributed by atoms with Gasteiger partial charge in [-0.1, -0.05) is 6.58 Å². The SMILES string of the molecule is C=C(C)C(=O)C(O)CN1CCCC1. The lowest BCUT2D eigenvalue weighted by molar-refractivity contribution is -0.124. The van der Waals surface area contributed by atoms with Crippen molar-refractivity contribution in [3.05, 3.63) is 12.2 Å². The molecule has 1 fully saturated rings. The van der Waals surface area contributed by atoms with Gasteiger partial charge >= 0.3 is 0 Å². The Morgan fingerprint density at radius 2 is 2.08 bits per heavy atom. The van der Waals surface area contributed by atoms with Crippen LogP contribution in [0.1, 0.15) is 19.8 Å². The summed E-state index contributed by atoms with van der Waals surface area (Å²) in [4.78, 5) is 13.4. The second-order valence-corrected chi connectivity index (χ2v) is 3.67. The summed E-state index contributed by atoms with van der Waals surface area (Å²) in [5, 5.41) is 9.50. The zero-order valence-corrected chi connectivity index (χ0v) is 8.12. The topological polar surface area (TPSA) is 40.5 Å². The molecule has 3 heteroatoms. The fraction of sp³-hybridized carbons (Fsp3) is 0.700. The molecular formula is C10H17NO2. The average Bonchev–Trinajstić information content (AvgIpc) is 2.55. The van der Waals surface area contributed by atoms with Crippen LogP contribution in [0.2, 0.25) is 0 Å². The van der Waals surface area contributed by atoms with Gasteiger partial charge < -0.3 is 10.0 Å². The first-order valence-corrected chi connectivity index (χ1v) is 4.71. The molecule has 0 bridgehead atoms. The second kappa shape index (κ2) is 4.53. The van der Waals surface area contributed by atoms with Gasteiger partial charge in [-0.2, -0.15) is 0 Å². The van der Waals surface area contributed by atoms with E-state index in [1.807, 2.05) is 0 Å². The van der Waals surface area contributed by atoms with E-state index >= 15 is 0 Å². The molecule has 1 atom stereocenters. The summed E-state index contributed by atoms with van der Waals surface area (Å²) in [5.41, 5.74) is 0.437. The number of carbonyl (C=O) groups excluding carboxylic acids is 1. The minimum atomic E-state index is -0.879. The highest BCUT2D eigenvalue weighted by Gasteiger charge is 2.20. The quantitative estimate of drug-likeness (QED) is 0.648. The molecule has 1 N–H and O–H groups in total. The molecule has 0 aromatic rings. The molecule has 0 aromatic carbocycles. The van der Waals surface area contributed by atoms with Gasteiger partial charge in [-0.05, 0) is 38.4 Å². The van der Waals surface area contributed by atoms with Crippen LogP contribution in [-0.2, 0) is 4.79 Å². The summed E-state index contributed by atoms with van der Waals surface area (Å²) in [6.07, 6.45) is 1.47. The predicted molar refractivity (Wildman–Crippen MR) is 51.5 cm³/mol. The first-order chi connectivity index (χ1) is 6.11. The summed E-state index contributed by atoms with van der Waals surface area (Å²) in [5.74, 6) is -0.230. The minimum absolute atomic E-state index is 0.230. The number of aliphatic hydroxyl groups is 1. The Morgan fingerprint density at radius 1 is 1.54 bits per heavy atom. The molecule has 0 amide bonds. The first-order valence-electron chi connectivity index (χ1n) is 4.71.